The Bertz CT molecular complexity index is 752. The summed E-state index contributed by atoms with van der Waals surface area (Å²) in [7, 11) is 0. The Hall–Kier alpha value is -1.76. The Morgan fingerprint density at radius 3 is 2.65 bits per heavy atom. The molecule has 7 heteroatoms. The van der Waals surface area contributed by atoms with Crippen molar-refractivity contribution in [2.24, 2.45) is 0 Å². The van der Waals surface area contributed by atoms with Crippen LogP contribution in [0, 0.1) is 0 Å². The minimum Gasteiger partial charge on any atom is -0.491 e. The summed E-state index contributed by atoms with van der Waals surface area (Å²) in [6.07, 6.45) is 0. The predicted octanol–water partition coefficient (Wildman–Crippen LogP) is 5.11. The van der Waals surface area contributed by atoms with E-state index in [1.807, 2.05) is 54.6 Å². The molecule has 1 N–H and O–H groups in total. The van der Waals surface area contributed by atoms with Crippen LogP contribution in [0.3, 0.4) is 0 Å². The number of ether oxygens (including phenoxy) is 1. The van der Waals surface area contributed by atoms with Crippen molar-refractivity contribution in [2.45, 2.75) is 4.34 Å². The SMILES string of the molecule is Clc1ccccc1OCCSc1nnc(Nc2ccccc2)s1. The number of nitrogens with zero attached hydrogens (tertiary/aromatic N) is 2. The number of hydrogen-bond donors (Lipinski definition) is 1. The van der Waals surface area contributed by atoms with E-state index in [0.717, 1.165) is 20.9 Å². The van der Waals surface area contributed by atoms with Gasteiger partial charge in [-0.2, -0.15) is 0 Å². The standard InChI is InChI=1S/C16H14ClN3OS2/c17-13-8-4-5-9-14(13)21-10-11-22-16-20-19-15(23-16)18-12-6-2-1-3-7-12/h1-9H,10-11H2,(H,18,19). The van der Waals surface area contributed by atoms with Gasteiger partial charge in [0.25, 0.3) is 0 Å². The topological polar surface area (TPSA) is 47.0 Å². The monoisotopic (exact) mass is 363 g/mol. The van der Waals surface area contributed by atoms with Gasteiger partial charge < -0.3 is 10.1 Å². The second-order valence-electron chi connectivity index (χ2n) is 4.49. The van der Waals surface area contributed by atoms with Crippen LogP contribution in [0.25, 0.3) is 0 Å². The molecule has 1 aromatic heterocycles. The summed E-state index contributed by atoms with van der Waals surface area (Å²) in [5.74, 6) is 1.49. The number of thioether (sulfide) groups is 1. The molecular weight excluding hydrogens is 350 g/mol. The van der Waals surface area contributed by atoms with Crippen LogP contribution in [0.2, 0.25) is 5.02 Å². The highest BCUT2D eigenvalue weighted by molar-refractivity contribution is 8.01. The van der Waals surface area contributed by atoms with Gasteiger partial charge in [0.1, 0.15) is 5.75 Å². The highest BCUT2D eigenvalue weighted by atomic mass is 35.5. The van der Waals surface area contributed by atoms with Gasteiger partial charge in [0.05, 0.1) is 11.6 Å². The number of hydrogen-bond acceptors (Lipinski definition) is 6. The molecule has 2 aromatic carbocycles. The molecule has 3 aromatic rings. The Morgan fingerprint density at radius 1 is 1.04 bits per heavy atom. The summed E-state index contributed by atoms with van der Waals surface area (Å²) >= 11 is 9.18. The van der Waals surface area contributed by atoms with Crippen LogP contribution >= 0.6 is 34.7 Å². The third-order valence-electron chi connectivity index (χ3n) is 2.83. The van der Waals surface area contributed by atoms with Crippen LogP contribution in [0.1, 0.15) is 0 Å². The van der Waals surface area contributed by atoms with Crippen molar-refractivity contribution in [2.75, 3.05) is 17.7 Å². The number of rotatable bonds is 7. The quantitative estimate of drug-likeness (QED) is 0.467. The smallest absolute Gasteiger partial charge is 0.210 e. The van der Waals surface area contributed by atoms with Crippen molar-refractivity contribution in [3.63, 3.8) is 0 Å². The molecule has 0 bridgehead atoms. The van der Waals surface area contributed by atoms with Crippen LogP contribution in [0.5, 0.6) is 5.75 Å². The third kappa shape index (κ3) is 4.86. The fourth-order valence-electron chi connectivity index (χ4n) is 1.81. The molecule has 3 rings (SSSR count). The van der Waals surface area contributed by atoms with Gasteiger partial charge in [-0.3, -0.25) is 0 Å². The minimum absolute atomic E-state index is 0.565. The predicted molar refractivity (Wildman–Crippen MR) is 97.3 cm³/mol. The number of anilines is 2. The first-order valence-corrected chi connectivity index (χ1v) is 9.15. The van der Waals surface area contributed by atoms with Crippen molar-refractivity contribution in [3.8, 4) is 5.75 Å². The first-order chi connectivity index (χ1) is 11.3. The van der Waals surface area contributed by atoms with E-state index in [-0.39, 0.29) is 0 Å². The molecule has 23 heavy (non-hydrogen) atoms. The maximum Gasteiger partial charge on any atom is 0.210 e. The molecule has 118 valence electrons. The Balaban J connectivity index is 1.45. The van der Waals surface area contributed by atoms with E-state index in [2.05, 4.69) is 15.5 Å². The first kappa shape index (κ1) is 16.1. The van der Waals surface area contributed by atoms with Crippen molar-refractivity contribution >= 4 is 45.5 Å². The van der Waals surface area contributed by atoms with Gasteiger partial charge in [-0.25, -0.2) is 0 Å². The number of para-hydroxylation sites is 2. The van der Waals surface area contributed by atoms with E-state index in [1.165, 1.54) is 11.3 Å². The summed E-state index contributed by atoms with van der Waals surface area (Å²) in [5, 5.41) is 12.9. The lowest BCUT2D eigenvalue weighted by Gasteiger charge is -2.06. The molecule has 0 unspecified atom stereocenters. The lowest BCUT2D eigenvalue weighted by atomic mass is 10.3. The number of halogens is 1. The molecule has 0 saturated heterocycles. The van der Waals surface area contributed by atoms with Crippen LogP contribution < -0.4 is 10.1 Å². The van der Waals surface area contributed by atoms with Gasteiger partial charge in [-0.15, -0.1) is 10.2 Å². The molecule has 0 saturated carbocycles. The largest absolute Gasteiger partial charge is 0.491 e. The van der Waals surface area contributed by atoms with E-state index in [4.69, 9.17) is 16.3 Å². The molecule has 0 aliphatic rings. The van der Waals surface area contributed by atoms with E-state index < -0.39 is 0 Å². The molecule has 4 nitrogen and oxygen atoms in total. The first-order valence-electron chi connectivity index (χ1n) is 6.97. The molecule has 0 radical (unpaired) electrons. The van der Waals surface area contributed by atoms with Crippen LogP contribution in [-0.2, 0) is 0 Å². The lowest BCUT2D eigenvalue weighted by Crippen LogP contribution is -2.00. The van der Waals surface area contributed by atoms with Crippen molar-refractivity contribution in [3.05, 3.63) is 59.6 Å². The maximum atomic E-state index is 6.04. The van der Waals surface area contributed by atoms with Crippen LogP contribution in [0.4, 0.5) is 10.8 Å². The van der Waals surface area contributed by atoms with Crippen molar-refractivity contribution in [1.29, 1.82) is 0 Å². The molecule has 0 amide bonds. The zero-order valence-corrected chi connectivity index (χ0v) is 14.5. The summed E-state index contributed by atoms with van der Waals surface area (Å²) in [5.41, 5.74) is 1.00. The molecule has 0 aliphatic heterocycles. The summed E-state index contributed by atoms with van der Waals surface area (Å²) in [6.45, 7) is 0.565. The Morgan fingerprint density at radius 2 is 1.83 bits per heavy atom. The molecule has 0 spiro atoms. The maximum absolute atomic E-state index is 6.04. The second kappa shape index (κ2) is 8.19. The lowest BCUT2D eigenvalue weighted by molar-refractivity contribution is 0.344. The van der Waals surface area contributed by atoms with Gasteiger partial charge in [-0.05, 0) is 24.3 Å². The highest BCUT2D eigenvalue weighted by Gasteiger charge is 2.05. The Kier molecular flexibility index (Phi) is 5.74. The van der Waals surface area contributed by atoms with Gasteiger partial charge >= 0.3 is 0 Å². The Labute approximate surface area is 147 Å². The second-order valence-corrected chi connectivity index (χ2v) is 7.22. The zero-order chi connectivity index (χ0) is 15.9. The number of nitrogens with one attached hydrogen (secondary N) is 1. The minimum atomic E-state index is 0.565. The van der Waals surface area contributed by atoms with Crippen molar-refractivity contribution in [1.82, 2.24) is 10.2 Å². The van der Waals surface area contributed by atoms with Crippen LogP contribution in [0.15, 0.2) is 58.9 Å². The average Bonchev–Trinajstić information content (AvgIpc) is 3.01. The fourth-order valence-corrected chi connectivity index (χ4v) is 3.66. The number of aromatic nitrogens is 2. The van der Waals surface area contributed by atoms with Crippen molar-refractivity contribution < 1.29 is 4.74 Å². The average molecular weight is 364 g/mol. The molecule has 0 fully saturated rings. The van der Waals surface area contributed by atoms with Gasteiger partial charge in [0.15, 0.2) is 4.34 Å². The summed E-state index contributed by atoms with van der Waals surface area (Å²) in [4.78, 5) is 0. The summed E-state index contributed by atoms with van der Waals surface area (Å²) in [6, 6.07) is 17.4. The van der Waals surface area contributed by atoms with Crippen LogP contribution in [-0.4, -0.2) is 22.6 Å². The molecule has 0 aliphatic carbocycles. The van der Waals surface area contributed by atoms with E-state index in [9.17, 15) is 0 Å². The normalized spacial score (nSPS) is 10.5. The molecule has 0 atom stereocenters. The van der Waals surface area contributed by atoms with Gasteiger partial charge in [-0.1, -0.05) is 65.0 Å². The van der Waals surface area contributed by atoms with Gasteiger partial charge in [0.2, 0.25) is 5.13 Å². The highest BCUT2D eigenvalue weighted by Crippen LogP contribution is 2.28. The van der Waals surface area contributed by atoms with E-state index in [0.29, 0.717) is 17.4 Å². The zero-order valence-electron chi connectivity index (χ0n) is 12.1. The van der Waals surface area contributed by atoms with E-state index in [1.54, 1.807) is 11.8 Å². The summed E-state index contributed by atoms with van der Waals surface area (Å²) < 4.78 is 6.56. The van der Waals surface area contributed by atoms with E-state index >= 15 is 0 Å². The third-order valence-corrected chi connectivity index (χ3v) is 5.08. The number of benzene rings is 2. The molecule has 1 heterocycles. The fraction of sp³-hybridized carbons (Fsp3) is 0.125. The van der Waals surface area contributed by atoms with Gasteiger partial charge in [0, 0.05) is 11.4 Å². The molecular formula is C16H14ClN3OS2.